The minimum absolute atomic E-state index is 0. The topological polar surface area (TPSA) is 74.8 Å². The van der Waals surface area contributed by atoms with Crippen LogP contribution in [0.15, 0.2) is 35.3 Å². The molecule has 2 rings (SSSR count). The van der Waals surface area contributed by atoms with Crippen molar-refractivity contribution in [2.45, 2.75) is 26.9 Å². The molecule has 0 saturated carbocycles. The van der Waals surface area contributed by atoms with E-state index in [1.165, 1.54) is 16.7 Å². The van der Waals surface area contributed by atoms with Gasteiger partial charge in [0.1, 0.15) is 5.75 Å². The van der Waals surface area contributed by atoms with Crippen LogP contribution in [0.1, 0.15) is 22.2 Å². The van der Waals surface area contributed by atoms with Crippen LogP contribution in [-0.2, 0) is 17.9 Å². The molecule has 0 fully saturated rings. The summed E-state index contributed by atoms with van der Waals surface area (Å²) in [7, 11) is 3.32. The van der Waals surface area contributed by atoms with Crippen LogP contribution in [0.25, 0.3) is 0 Å². The predicted octanol–water partition coefficient (Wildman–Crippen LogP) is 3.51. The van der Waals surface area contributed by atoms with Crippen molar-refractivity contribution in [2.75, 3.05) is 19.5 Å². The quantitative estimate of drug-likeness (QED) is 0.331. The standard InChI is InChI=1S/C18H24N4O2S.HI/c1-12-5-7-15(25-12)11-21-18(19-3)20-10-14-6-8-17(24-4)16(9-14)22-13(2)23;/h5-9H,10-11H2,1-4H3,(H,22,23)(H2,19,20,21);1H. The predicted molar refractivity (Wildman–Crippen MR) is 119 cm³/mol. The van der Waals surface area contributed by atoms with Crippen molar-refractivity contribution in [3.63, 3.8) is 0 Å². The summed E-state index contributed by atoms with van der Waals surface area (Å²) in [6.45, 7) is 4.89. The number of ether oxygens (including phenoxy) is 1. The van der Waals surface area contributed by atoms with E-state index in [4.69, 9.17) is 4.74 Å². The number of aryl methyl sites for hydroxylation is 1. The SMILES string of the molecule is CN=C(NCc1ccc(OC)c(NC(C)=O)c1)NCc1ccc(C)s1.I. The third kappa shape index (κ3) is 6.83. The summed E-state index contributed by atoms with van der Waals surface area (Å²) in [6.07, 6.45) is 0. The van der Waals surface area contributed by atoms with Crippen LogP contribution in [0.5, 0.6) is 5.75 Å². The summed E-state index contributed by atoms with van der Waals surface area (Å²) in [5, 5.41) is 9.34. The Balaban J connectivity index is 0.00000338. The number of nitrogens with one attached hydrogen (secondary N) is 3. The fraction of sp³-hybridized carbons (Fsp3) is 0.333. The van der Waals surface area contributed by atoms with Gasteiger partial charge in [0.2, 0.25) is 5.91 Å². The van der Waals surface area contributed by atoms with Crippen molar-refractivity contribution in [1.82, 2.24) is 10.6 Å². The van der Waals surface area contributed by atoms with E-state index in [9.17, 15) is 4.79 Å². The number of carbonyl (C=O) groups is 1. The van der Waals surface area contributed by atoms with Gasteiger partial charge in [0.15, 0.2) is 5.96 Å². The van der Waals surface area contributed by atoms with E-state index < -0.39 is 0 Å². The Morgan fingerprint density at radius 2 is 1.92 bits per heavy atom. The summed E-state index contributed by atoms with van der Waals surface area (Å²) in [5.74, 6) is 1.23. The molecular formula is C18H25IN4O2S. The number of aliphatic imine (C=N–C) groups is 1. The van der Waals surface area contributed by atoms with Crippen molar-refractivity contribution in [3.05, 3.63) is 45.6 Å². The zero-order chi connectivity index (χ0) is 18.2. The molecule has 0 radical (unpaired) electrons. The molecule has 0 atom stereocenters. The largest absolute Gasteiger partial charge is 0.495 e. The van der Waals surface area contributed by atoms with Gasteiger partial charge in [-0.2, -0.15) is 0 Å². The zero-order valence-electron chi connectivity index (χ0n) is 15.4. The third-order valence-corrected chi connectivity index (χ3v) is 4.48. The van der Waals surface area contributed by atoms with Crippen LogP contribution in [0, 0.1) is 6.92 Å². The normalized spacial score (nSPS) is 10.7. The molecular weight excluding hydrogens is 463 g/mol. The maximum Gasteiger partial charge on any atom is 0.221 e. The Hall–Kier alpha value is -1.81. The van der Waals surface area contributed by atoms with Crippen molar-refractivity contribution >= 4 is 52.9 Å². The molecule has 142 valence electrons. The fourth-order valence-corrected chi connectivity index (χ4v) is 3.14. The number of carbonyl (C=O) groups excluding carboxylic acids is 1. The minimum Gasteiger partial charge on any atom is -0.495 e. The lowest BCUT2D eigenvalue weighted by molar-refractivity contribution is -0.114. The number of rotatable bonds is 6. The van der Waals surface area contributed by atoms with Gasteiger partial charge in [0.05, 0.1) is 19.3 Å². The molecule has 1 amide bonds. The Labute approximate surface area is 175 Å². The maximum absolute atomic E-state index is 11.3. The molecule has 2 aromatic rings. The highest BCUT2D eigenvalue weighted by Gasteiger charge is 2.07. The molecule has 0 aliphatic heterocycles. The maximum atomic E-state index is 11.3. The molecule has 6 nitrogen and oxygen atoms in total. The number of benzene rings is 1. The second-order valence-corrected chi connectivity index (χ2v) is 6.88. The third-order valence-electron chi connectivity index (χ3n) is 3.48. The first-order valence-electron chi connectivity index (χ1n) is 7.96. The summed E-state index contributed by atoms with van der Waals surface area (Å²) in [5.41, 5.74) is 1.67. The number of halogens is 1. The molecule has 0 aliphatic rings. The van der Waals surface area contributed by atoms with Gasteiger partial charge in [0, 0.05) is 30.3 Å². The van der Waals surface area contributed by atoms with Crippen molar-refractivity contribution in [1.29, 1.82) is 0 Å². The molecule has 0 unspecified atom stereocenters. The minimum atomic E-state index is -0.132. The lowest BCUT2D eigenvalue weighted by Gasteiger charge is -2.14. The van der Waals surface area contributed by atoms with Crippen LogP contribution in [-0.4, -0.2) is 26.0 Å². The van der Waals surface area contributed by atoms with Gasteiger partial charge < -0.3 is 20.7 Å². The highest BCUT2D eigenvalue weighted by atomic mass is 127. The first kappa shape index (κ1) is 22.2. The van der Waals surface area contributed by atoms with E-state index in [1.807, 2.05) is 18.2 Å². The molecule has 0 spiro atoms. The fourth-order valence-electron chi connectivity index (χ4n) is 2.31. The first-order valence-corrected chi connectivity index (χ1v) is 8.77. The highest BCUT2D eigenvalue weighted by molar-refractivity contribution is 14.0. The first-order chi connectivity index (χ1) is 12.0. The van der Waals surface area contributed by atoms with E-state index in [0.717, 1.165) is 18.1 Å². The van der Waals surface area contributed by atoms with Crippen LogP contribution in [0.2, 0.25) is 0 Å². The van der Waals surface area contributed by atoms with Gasteiger partial charge in [-0.3, -0.25) is 9.79 Å². The van der Waals surface area contributed by atoms with Crippen molar-refractivity contribution < 1.29 is 9.53 Å². The molecule has 3 N–H and O–H groups in total. The van der Waals surface area contributed by atoms with Gasteiger partial charge >= 0.3 is 0 Å². The van der Waals surface area contributed by atoms with Gasteiger partial charge in [-0.1, -0.05) is 6.07 Å². The van der Waals surface area contributed by atoms with Crippen molar-refractivity contribution in [2.24, 2.45) is 4.99 Å². The highest BCUT2D eigenvalue weighted by Crippen LogP contribution is 2.25. The van der Waals surface area contributed by atoms with Crippen LogP contribution in [0.3, 0.4) is 0 Å². The van der Waals surface area contributed by atoms with Crippen LogP contribution in [0.4, 0.5) is 5.69 Å². The van der Waals surface area contributed by atoms with Crippen LogP contribution < -0.4 is 20.7 Å². The van der Waals surface area contributed by atoms with E-state index in [2.05, 4.69) is 40.0 Å². The molecule has 0 saturated heterocycles. The Morgan fingerprint density at radius 1 is 1.19 bits per heavy atom. The van der Waals surface area contributed by atoms with E-state index in [1.54, 1.807) is 25.5 Å². The van der Waals surface area contributed by atoms with Gasteiger partial charge in [-0.15, -0.1) is 35.3 Å². The number of guanidine groups is 1. The smallest absolute Gasteiger partial charge is 0.221 e. The lowest BCUT2D eigenvalue weighted by atomic mass is 10.2. The molecule has 26 heavy (non-hydrogen) atoms. The van der Waals surface area contributed by atoms with E-state index >= 15 is 0 Å². The number of nitrogens with zero attached hydrogens (tertiary/aromatic N) is 1. The van der Waals surface area contributed by atoms with Crippen molar-refractivity contribution in [3.8, 4) is 5.75 Å². The second kappa shape index (κ2) is 11.0. The van der Waals surface area contributed by atoms with Gasteiger partial charge in [0.25, 0.3) is 0 Å². The molecule has 8 heteroatoms. The number of hydrogen-bond acceptors (Lipinski definition) is 4. The molecule has 1 aromatic carbocycles. The second-order valence-electron chi connectivity index (χ2n) is 5.51. The van der Waals surface area contributed by atoms with E-state index in [-0.39, 0.29) is 29.9 Å². The Kier molecular flexibility index (Phi) is 9.42. The number of thiophene rings is 1. The average Bonchev–Trinajstić information content (AvgIpc) is 3.00. The molecule has 1 heterocycles. The number of anilines is 1. The Bertz CT molecular complexity index is 761. The molecule has 0 aliphatic carbocycles. The van der Waals surface area contributed by atoms with E-state index in [0.29, 0.717) is 18.0 Å². The molecule has 1 aromatic heterocycles. The molecule has 0 bridgehead atoms. The summed E-state index contributed by atoms with van der Waals surface area (Å²) in [4.78, 5) is 18.1. The number of amides is 1. The van der Waals surface area contributed by atoms with Gasteiger partial charge in [-0.25, -0.2) is 0 Å². The van der Waals surface area contributed by atoms with Gasteiger partial charge in [-0.05, 0) is 36.8 Å². The summed E-state index contributed by atoms with van der Waals surface area (Å²) in [6, 6.07) is 9.91. The summed E-state index contributed by atoms with van der Waals surface area (Å²) < 4.78 is 5.27. The monoisotopic (exact) mass is 488 g/mol. The summed E-state index contributed by atoms with van der Waals surface area (Å²) >= 11 is 1.77. The zero-order valence-corrected chi connectivity index (χ0v) is 18.5. The number of hydrogen-bond donors (Lipinski definition) is 3. The lowest BCUT2D eigenvalue weighted by Crippen LogP contribution is -2.36. The Morgan fingerprint density at radius 3 is 2.50 bits per heavy atom. The number of methoxy groups -OCH3 is 1. The van der Waals surface area contributed by atoms with Crippen LogP contribution >= 0.6 is 35.3 Å². The average molecular weight is 488 g/mol.